The Morgan fingerprint density at radius 1 is 0.952 bits per heavy atom. The van der Waals surface area contributed by atoms with Gasteiger partial charge in [-0.3, -0.25) is 13.9 Å². The number of aryl methyl sites for hydroxylation is 2. The summed E-state index contributed by atoms with van der Waals surface area (Å²) in [6.07, 6.45) is 2.31. The monoisotopic (exact) mass is 595 g/mol. The van der Waals surface area contributed by atoms with Crippen molar-refractivity contribution < 1.29 is 22.4 Å². The number of hydrogen-bond donors (Lipinski definition) is 1. The van der Waals surface area contributed by atoms with Crippen LogP contribution in [0.3, 0.4) is 0 Å². The molecule has 0 saturated heterocycles. The lowest BCUT2D eigenvalue weighted by atomic mass is 10.0. The fourth-order valence-corrected chi connectivity index (χ4v) is 5.65. The predicted octanol–water partition coefficient (Wildman–Crippen LogP) is 5.54. The Hall–Kier alpha value is -3.72. The van der Waals surface area contributed by atoms with Crippen LogP contribution in [-0.2, 0) is 32.6 Å². The van der Waals surface area contributed by atoms with Crippen molar-refractivity contribution in [1.29, 1.82) is 0 Å². The van der Waals surface area contributed by atoms with Crippen LogP contribution in [0.1, 0.15) is 55.4 Å². The number of halogens is 1. The van der Waals surface area contributed by atoms with Crippen LogP contribution >= 0.6 is 0 Å². The lowest BCUT2D eigenvalue weighted by molar-refractivity contribution is -0.141. The molecule has 3 aromatic rings. The second-order valence-corrected chi connectivity index (χ2v) is 12.8. The summed E-state index contributed by atoms with van der Waals surface area (Å²) in [4.78, 5) is 28.9. The summed E-state index contributed by atoms with van der Waals surface area (Å²) in [5.74, 6) is -1.13. The lowest BCUT2D eigenvalue weighted by Gasteiger charge is -2.33. The Balaban J connectivity index is 1.91. The standard InChI is InChI=1S/C33H42FN3O4S/c1-6-26(4)35-33(39)31(22-27-13-8-7-9-14-27)36(23-28-15-10-11-16-30(28)34)32(38)17-12-20-37(42(5,40)41)29-19-18-24(2)25(3)21-29/h7-11,13-16,18-19,21,26,31H,6,12,17,20,22-23H2,1-5H3,(H,35,39)/t26-,31+/m1/s1. The van der Waals surface area contributed by atoms with Gasteiger partial charge in [0.15, 0.2) is 0 Å². The first kappa shape index (κ1) is 32.8. The fraction of sp³-hybridized carbons (Fsp3) is 0.394. The van der Waals surface area contributed by atoms with Crippen LogP contribution in [-0.4, -0.2) is 50.0 Å². The Morgan fingerprint density at radius 2 is 1.62 bits per heavy atom. The molecule has 0 spiro atoms. The SMILES string of the molecule is CC[C@@H](C)NC(=O)[C@H](Cc1ccccc1)N(Cc1ccccc1F)C(=O)CCCN(c1ccc(C)c(C)c1)S(C)(=O)=O. The molecule has 42 heavy (non-hydrogen) atoms. The van der Waals surface area contributed by atoms with Crippen LogP contribution in [0.25, 0.3) is 0 Å². The largest absolute Gasteiger partial charge is 0.352 e. The van der Waals surface area contributed by atoms with Crippen LogP contribution < -0.4 is 9.62 Å². The zero-order chi connectivity index (χ0) is 30.9. The van der Waals surface area contributed by atoms with E-state index in [1.807, 2.05) is 70.2 Å². The Bertz CT molecular complexity index is 1460. The first-order chi connectivity index (χ1) is 19.9. The fourth-order valence-electron chi connectivity index (χ4n) is 4.69. The van der Waals surface area contributed by atoms with Gasteiger partial charge in [0.25, 0.3) is 0 Å². The highest BCUT2D eigenvalue weighted by Crippen LogP contribution is 2.23. The molecule has 0 heterocycles. The predicted molar refractivity (Wildman–Crippen MR) is 166 cm³/mol. The number of anilines is 1. The smallest absolute Gasteiger partial charge is 0.243 e. The summed E-state index contributed by atoms with van der Waals surface area (Å²) >= 11 is 0. The normalized spacial score (nSPS) is 12.8. The number of benzene rings is 3. The molecule has 0 saturated carbocycles. The van der Waals surface area contributed by atoms with Crippen molar-refractivity contribution in [2.75, 3.05) is 17.1 Å². The van der Waals surface area contributed by atoms with E-state index < -0.39 is 21.9 Å². The molecule has 2 amide bonds. The van der Waals surface area contributed by atoms with Gasteiger partial charge < -0.3 is 10.2 Å². The van der Waals surface area contributed by atoms with E-state index in [-0.39, 0.29) is 50.2 Å². The molecule has 0 fully saturated rings. The number of carbonyl (C=O) groups excluding carboxylic acids is 2. The summed E-state index contributed by atoms with van der Waals surface area (Å²) in [7, 11) is -3.61. The number of nitrogens with one attached hydrogen (secondary N) is 1. The van der Waals surface area contributed by atoms with Gasteiger partial charge in [0.2, 0.25) is 21.8 Å². The van der Waals surface area contributed by atoms with E-state index in [1.54, 1.807) is 24.3 Å². The second-order valence-electron chi connectivity index (χ2n) is 10.8. The number of amides is 2. The minimum absolute atomic E-state index is 0.0206. The zero-order valence-electron chi connectivity index (χ0n) is 25.1. The highest BCUT2D eigenvalue weighted by Gasteiger charge is 2.31. The first-order valence-corrected chi connectivity index (χ1v) is 16.2. The maximum atomic E-state index is 14.8. The lowest BCUT2D eigenvalue weighted by Crippen LogP contribution is -2.52. The molecule has 0 aliphatic rings. The van der Waals surface area contributed by atoms with Crippen molar-refractivity contribution in [2.24, 2.45) is 0 Å². The van der Waals surface area contributed by atoms with E-state index in [9.17, 15) is 22.4 Å². The summed E-state index contributed by atoms with van der Waals surface area (Å²) in [5.41, 5.74) is 3.71. The van der Waals surface area contributed by atoms with Gasteiger partial charge in [-0.05, 0) is 68.5 Å². The maximum absolute atomic E-state index is 14.8. The minimum atomic E-state index is -3.61. The van der Waals surface area contributed by atoms with Gasteiger partial charge >= 0.3 is 0 Å². The molecule has 2 atom stereocenters. The zero-order valence-corrected chi connectivity index (χ0v) is 26.0. The second kappa shape index (κ2) is 15.0. The van der Waals surface area contributed by atoms with Crippen molar-refractivity contribution in [1.82, 2.24) is 10.2 Å². The number of nitrogens with zero attached hydrogens (tertiary/aromatic N) is 2. The Kier molecular flexibility index (Phi) is 11.7. The number of sulfonamides is 1. The van der Waals surface area contributed by atoms with Crippen LogP contribution in [0.4, 0.5) is 10.1 Å². The van der Waals surface area contributed by atoms with Crippen molar-refractivity contribution in [3.63, 3.8) is 0 Å². The summed E-state index contributed by atoms with van der Waals surface area (Å²) in [6, 6.07) is 20.1. The molecule has 3 aromatic carbocycles. The highest BCUT2D eigenvalue weighted by molar-refractivity contribution is 7.92. The number of rotatable bonds is 14. The van der Waals surface area contributed by atoms with E-state index in [2.05, 4.69) is 5.32 Å². The Labute approximate surface area is 249 Å². The molecule has 1 N–H and O–H groups in total. The third-order valence-corrected chi connectivity index (χ3v) is 8.70. The number of carbonyl (C=O) groups is 2. The molecule has 9 heteroatoms. The van der Waals surface area contributed by atoms with Gasteiger partial charge in [0.05, 0.1) is 11.9 Å². The molecule has 0 unspecified atom stereocenters. The van der Waals surface area contributed by atoms with Gasteiger partial charge in [-0.2, -0.15) is 0 Å². The molecule has 0 radical (unpaired) electrons. The minimum Gasteiger partial charge on any atom is -0.352 e. The third-order valence-electron chi connectivity index (χ3n) is 7.50. The molecule has 226 valence electrons. The van der Waals surface area contributed by atoms with Gasteiger partial charge in [-0.15, -0.1) is 0 Å². The summed E-state index contributed by atoms with van der Waals surface area (Å²) in [6.45, 7) is 7.72. The summed E-state index contributed by atoms with van der Waals surface area (Å²) < 4.78 is 41.5. The highest BCUT2D eigenvalue weighted by atomic mass is 32.2. The molecule has 0 aromatic heterocycles. The van der Waals surface area contributed by atoms with E-state index in [0.717, 1.165) is 22.9 Å². The third kappa shape index (κ3) is 9.14. The summed E-state index contributed by atoms with van der Waals surface area (Å²) in [5, 5.41) is 3.00. The molecule has 7 nitrogen and oxygen atoms in total. The van der Waals surface area contributed by atoms with Gasteiger partial charge in [-0.1, -0.05) is 61.5 Å². The van der Waals surface area contributed by atoms with Gasteiger partial charge in [0, 0.05) is 37.5 Å². The van der Waals surface area contributed by atoms with Crippen molar-refractivity contribution in [3.05, 3.63) is 101 Å². The van der Waals surface area contributed by atoms with Crippen molar-refractivity contribution in [2.45, 2.75) is 72.0 Å². The average Bonchev–Trinajstić information content (AvgIpc) is 2.95. The molecular weight excluding hydrogens is 553 g/mol. The van der Waals surface area contributed by atoms with Crippen LogP contribution in [0.2, 0.25) is 0 Å². The van der Waals surface area contributed by atoms with E-state index in [0.29, 0.717) is 17.7 Å². The van der Waals surface area contributed by atoms with Crippen molar-refractivity contribution >= 4 is 27.5 Å². The van der Waals surface area contributed by atoms with Crippen LogP contribution in [0, 0.1) is 19.7 Å². The molecular formula is C33H42FN3O4S. The van der Waals surface area contributed by atoms with Gasteiger partial charge in [-0.25, -0.2) is 12.8 Å². The van der Waals surface area contributed by atoms with E-state index in [4.69, 9.17) is 0 Å². The van der Waals surface area contributed by atoms with E-state index >= 15 is 0 Å². The Morgan fingerprint density at radius 3 is 2.24 bits per heavy atom. The van der Waals surface area contributed by atoms with E-state index in [1.165, 1.54) is 15.3 Å². The van der Waals surface area contributed by atoms with Crippen molar-refractivity contribution in [3.8, 4) is 0 Å². The molecule has 0 aliphatic heterocycles. The quantitative estimate of drug-likeness (QED) is 0.265. The van der Waals surface area contributed by atoms with Crippen LogP contribution in [0.15, 0.2) is 72.8 Å². The molecule has 0 aliphatic carbocycles. The maximum Gasteiger partial charge on any atom is 0.243 e. The molecule has 3 rings (SSSR count). The van der Waals surface area contributed by atoms with Crippen LogP contribution in [0.5, 0.6) is 0 Å². The number of hydrogen-bond acceptors (Lipinski definition) is 4. The topological polar surface area (TPSA) is 86.8 Å². The van der Waals surface area contributed by atoms with Gasteiger partial charge in [0.1, 0.15) is 11.9 Å². The first-order valence-electron chi connectivity index (χ1n) is 14.3. The average molecular weight is 596 g/mol. The molecule has 0 bridgehead atoms.